The van der Waals surface area contributed by atoms with E-state index in [1.54, 1.807) is 6.92 Å². The Morgan fingerprint density at radius 3 is 2.41 bits per heavy atom. The third-order valence-corrected chi connectivity index (χ3v) is 4.67. The number of nitrogens with zero attached hydrogens (tertiary/aromatic N) is 1. The average Bonchev–Trinajstić information content (AvgIpc) is 2.62. The van der Waals surface area contributed by atoms with Crippen molar-refractivity contribution in [3.05, 3.63) is 29.8 Å². The normalized spacial score (nSPS) is 19.5. The number of likely N-dealkylation sites (tertiary alicyclic amines) is 1. The Labute approximate surface area is 165 Å². The lowest BCUT2D eigenvalue weighted by Crippen LogP contribution is -2.48. The van der Waals surface area contributed by atoms with Gasteiger partial charge in [-0.2, -0.15) is 0 Å². The van der Waals surface area contributed by atoms with E-state index in [-0.39, 0.29) is 43.9 Å². The third-order valence-electron chi connectivity index (χ3n) is 4.67. The molecule has 0 aliphatic carbocycles. The summed E-state index contributed by atoms with van der Waals surface area (Å²) in [5.41, 5.74) is 0.606. The van der Waals surface area contributed by atoms with E-state index in [1.165, 1.54) is 17.0 Å². The van der Waals surface area contributed by atoms with Gasteiger partial charge in [-0.25, -0.2) is 4.79 Å². The summed E-state index contributed by atoms with van der Waals surface area (Å²) in [7, 11) is 0. The van der Waals surface area contributed by atoms with Gasteiger partial charge in [0.25, 0.3) is 0 Å². The van der Waals surface area contributed by atoms with Crippen molar-refractivity contribution in [2.45, 2.75) is 45.0 Å². The molecular formula is C19H22F3NO6. The van der Waals surface area contributed by atoms with Gasteiger partial charge in [0.2, 0.25) is 0 Å². The number of carbonyl (C=O) groups is 3. The molecule has 160 valence electrons. The number of halogens is 3. The van der Waals surface area contributed by atoms with Crippen molar-refractivity contribution in [2.75, 3.05) is 13.2 Å². The van der Waals surface area contributed by atoms with Crippen LogP contribution >= 0.6 is 0 Å². The van der Waals surface area contributed by atoms with E-state index in [1.807, 2.05) is 0 Å². The van der Waals surface area contributed by atoms with Crippen molar-refractivity contribution in [1.82, 2.24) is 4.90 Å². The molecule has 1 heterocycles. The molecule has 1 aliphatic heterocycles. The number of piperidine rings is 1. The maximum absolute atomic E-state index is 12.3. The van der Waals surface area contributed by atoms with Gasteiger partial charge in [-0.15, -0.1) is 13.2 Å². The van der Waals surface area contributed by atoms with Crippen LogP contribution in [0.2, 0.25) is 0 Å². The number of rotatable bonds is 7. The van der Waals surface area contributed by atoms with Crippen LogP contribution in [0.15, 0.2) is 24.3 Å². The fourth-order valence-electron chi connectivity index (χ4n) is 3.39. The number of hydrogen-bond donors (Lipinski definition) is 1. The number of carboxylic acid groups (broad SMARTS) is 1. The van der Waals surface area contributed by atoms with Gasteiger partial charge >= 0.3 is 18.4 Å². The minimum atomic E-state index is -4.79. The minimum Gasteiger partial charge on any atom is -0.466 e. The highest BCUT2D eigenvalue weighted by molar-refractivity contribution is 5.96. The predicted molar refractivity (Wildman–Crippen MR) is 94.3 cm³/mol. The number of ketones is 1. The number of esters is 1. The molecule has 29 heavy (non-hydrogen) atoms. The molecule has 0 radical (unpaired) electrons. The molecule has 0 aromatic heterocycles. The lowest BCUT2D eigenvalue weighted by Gasteiger charge is -2.37. The van der Waals surface area contributed by atoms with Crippen LogP contribution in [-0.4, -0.2) is 53.4 Å². The molecule has 0 saturated carbocycles. The summed E-state index contributed by atoms with van der Waals surface area (Å²) in [6.45, 7) is 1.93. The zero-order chi connectivity index (χ0) is 21.6. The van der Waals surface area contributed by atoms with Crippen LogP contribution in [0.1, 0.15) is 31.7 Å². The maximum Gasteiger partial charge on any atom is 0.573 e. The second kappa shape index (κ2) is 9.62. The summed E-state index contributed by atoms with van der Waals surface area (Å²) in [5, 5.41) is 9.42. The van der Waals surface area contributed by atoms with Crippen molar-refractivity contribution in [2.24, 2.45) is 5.92 Å². The zero-order valence-corrected chi connectivity index (χ0v) is 15.8. The fraction of sp³-hybridized carbons (Fsp3) is 0.526. The lowest BCUT2D eigenvalue weighted by molar-refractivity contribution is -0.274. The SMILES string of the molecule is CCOC(=O)CC(=O)[C@@H]1CCN(C(=O)O)[C@@H](Cc2ccc(OC(F)(F)F)cc2)C1. The van der Waals surface area contributed by atoms with Crippen LogP contribution in [0.4, 0.5) is 18.0 Å². The lowest BCUT2D eigenvalue weighted by atomic mass is 9.84. The summed E-state index contributed by atoms with van der Waals surface area (Å²) < 4.78 is 45.4. The summed E-state index contributed by atoms with van der Waals surface area (Å²) in [4.78, 5) is 36.6. The number of alkyl halides is 3. The first-order valence-corrected chi connectivity index (χ1v) is 9.11. The quantitative estimate of drug-likeness (QED) is 0.540. The van der Waals surface area contributed by atoms with Gasteiger partial charge in [0.1, 0.15) is 18.0 Å². The third kappa shape index (κ3) is 6.95. The Morgan fingerprint density at radius 1 is 1.21 bits per heavy atom. The number of hydrogen-bond acceptors (Lipinski definition) is 5. The molecule has 2 atom stereocenters. The molecule has 0 unspecified atom stereocenters. The molecule has 1 saturated heterocycles. The van der Waals surface area contributed by atoms with Gasteiger partial charge in [-0.1, -0.05) is 12.1 Å². The minimum absolute atomic E-state index is 0.133. The van der Waals surface area contributed by atoms with E-state index in [0.29, 0.717) is 12.0 Å². The standard InChI is InChI=1S/C19H22F3NO6/c1-2-28-17(25)11-16(24)13-7-8-23(18(26)27)14(10-13)9-12-3-5-15(6-4-12)29-19(20,21)22/h3-6,13-14H,2,7-11H2,1H3,(H,26,27)/t13-,14+/m1/s1. The van der Waals surface area contributed by atoms with E-state index in [9.17, 15) is 32.7 Å². The number of Topliss-reactive ketones (excluding diaryl/α,β-unsaturated/α-hetero) is 1. The first-order chi connectivity index (χ1) is 13.6. The highest BCUT2D eigenvalue weighted by Crippen LogP contribution is 2.28. The molecule has 1 aliphatic rings. The van der Waals surface area contributed by atoms with Gasteiger partial charge in [-0.3, -0.25) is 9.59 Å². The van der Waals surface area contributed by atoms with Crippen molar-refractivity contribution < 1.29 is 42.1 Å². The zero-order valence-electron chi connectivity index (χ0n) is 15.8. The second-order valence-electron chi connectivity index (χ2n) is 6.70. The van der Waals surface area contributed by atoms with E-state index < -0.39 is 30.4 Å². The molecular weight excluding hydrogens is 395 g/mol. The summed E-state index contributed by atoms with van der Waals surface area (Å²) in [5.74, 6) is -1.77. The van der Waals surface area contributed by atoms with Gasteiger partial charge in [0, 0.05) is 18.5 Å². The van der Waals surface area contributed by atoms with Crippen molar-refractivity contribution in [3.8, 4) is 5.75 Å². The van der Waals surface area contributed by atoms with Crippen LogP contribution in [-0.2, 0) is 20.7 Å². The highest BCUT2D eigenvalue weighted by atomic mass is 19.4. The summed E-state index contributed by atoms with van der Waals surface area (Å²) >= 11 is 0. The van der Waals surface area contributed by atoms with Crippen LogP contribution < -0.4 is 4.74 Å². The predicted octanol–water partition coefficient (Wildman–Crippen LogP) is 3.41. The molecule has 0 bridgehead atoms. The molecule has 10 heteroatoms. The topological polar surface area (TPSA) is 93.1 Å². The maximum atomic E-state index is 12.3. The molecule has 7 nitrogen and oxygen atoms in total. The Kier molecular flexibility index (Phi) is 7.46. The van der Waals surface area contributed by atoms with E-state index >= 15 is 0 Å². The highest BCUT2D eigenvalue weighted by Gasteiger charge is 2.35. The van der Waals surface area contributed by atoms with Crippen LogP contribution in [0.5, 0.6) is 5.75 Å². The fourth-order valence-corrected chi connectivity index (χ4v) is 3.39. The molecule has 0 spiro atoms. The summed E-state index contributed by atoms with van der Waals surface area (Å²) in [6.07, 6.45) is -5.53. The molecule has 1 aromatic carbocycles. The number of ether oxygens (including phenoxy) is 2. The van der Waals surface area contributed by atoms with Crippen molar-refractivity contribution in [1.29, 1.82) is 0 Å². The second-order valence-corrected chi connectivity index (χ2v) is 6.70. The molecule has 1 fully saturated rings. The Morgan fingerprint density at radius 2 is 1.86 bits per heavy atom. The molecule has 2 rings (SSSR count). The van der Waals surface area contributed by atoms with E-state index in [0.717, 1.165) is 12.1 Å². The molecule has 1 amide bonds. The number of amides is 1. The Hall–Kier alpha value is -2.78. The van der Waals surface area contributed by atoms with Crippen molar-refractivity contribution in [3.63, 3.8) is 0 Å². The average molecular weight is 417 g/mol. The van der Waals surface area contributed by atoms with E-state index in [4.69, 9.17) is 4.74 Å². The molecule has 1 aromatic rings. The Bertz CT molecular complexity index is 734. The smallest absolute Gasteiger partial charge is 0.466 e. The van der Waals surface area contributed by atoms with Crippen LogP contribution in [0, 0.1) is 5.92 Å². The molecule has 1 N–H and O–H groups in total. The summed E-state index contributed by atoms with van der Waals surface area (Å²) in [6, 6.07) is 4.61. The van der Waals surface area contributed by atoms with Gasteiger partial charge in [0.05, 0.1) is 6.61 Å². The first-order valence-electron chi connectivity index (χ1n) is 9.11. The van der Waals surface area contributed by atoms with Gasteiger partial charge < -0.3 is 19.5 Å². The van der Waals surface area contributed by atoms with E-state index in [2.05, 4.69) is 4.74 Å². The first kappa shape index (κ1) is 22.5. The van der Waals surface area contributed by atoms with Crippen molar-refractivity contribution >= 4 is 17.8 Å². The van der Waals surface area contributed by atoms with Crippen LogP contribution in [0.3, 0.4) is 0 Å². The van der Waals surface area contributed by atoms with Crippen LogP contribution in [0.25, 0.3) is 0 Å². The van der Waals surface area contributed by atoms with Gasteiger partial charge in [0.15, 0.2) is 0 Å². The number of benzene rings is 1. The van der Waals surface area contributed by atoms with Gasteiger partial charge in [-0.05, 0) is 43.9 Å². The number of carbonyl (C=O) groups excluding carboxylic acids is 2. The largest absolute Gasteiger partial charge is 0.573 e. The Balaban J connectivity index is 2.05. The monoisotopic (exact) mass is 417 g/mol.